The van der Waals surface area contributed by atoms with Crippen LogP contribution in [0.5, 0.6) is 0 Å². The summed E-state index contributed by atoms with van der Waals surface area (Å²) < 4.78 is 14.8. The first-order valence-corrected chi connectivity index (χ1v) is 7.81. The summed E-state index contributed by atoms with van der Waals surface area (Å²) in [4.78, 5) is 20.1. The molecule has 1 atom stereocenters. The molecule has 3 aromatic rings. The van der Waals surface area contributed by atoms with Gasteiger partial charge < -0.3 is 0 Å². The normalized spacial score (nSPS) is 16.3. The van der Waals surface area contributed by atoms with Crippen molar-refractivity contribution >= 4 is 17.5 Å². The van der Waals surface area contributed by atoms with Crippen molar-refractivity contribution in [3.05, 3.63) is 47.4 Å². The maximum Gasteiger partial charge on any atom is 0.261 e. The zero-order chi connectivity index (χ0) is 16.7. The second-order valence-corrected chi connectivity index (χ2v) is 5.81. The largest absolute Gasteiger partial charge is 0.290 e. The third kappa shape index (κ3) is 2.31. The minimum atomic E-state index is -0.559. The first kappa shape index (κ1) is 14.7. The van der Waals surface area contributed by atoms with E-state index in [-0.39, 0.29) is 11.9 Å². The first-order valence-electron chi connectivity index (χ1n) is 7.81. The minimum absolute atomic E-state index is 0.0478. The summed E-state index contributed by atoms with van der Waals surface area (Å²) in [5.74, 6) is -0.465. The smallest absolute Gasteiger partial charge is 0.261 e. The molecule has 8 heteroatoms. The molecule has 1 amide bonds. The summed E-state index contributed by atoms with van der Waals surface area (Å²) in [6, 6.07) is 1.89. The van der Waals surface area contributed by atoms with Crippen molar-refractivity contribution in [2.45, 2.75) is 32.1 Å². The molecule has 3 aromatic heterocycles. The fraction of sp³-hybridized carbons (Fsp3) is 0.312. The van der Waals surface area contributed by atoms with E-state index in [2.05, 4.69) is 32.4 Å². The van der Waals surface area contributed by atoms with Gasteiger partial charge in [0.05, 0.1) is 18.0 Å². The van der Waals surface area contributed by atoms with Crippen LogP contribution in [0.2, 0.25) is 0 Å². The molecule has 7 nitrogen and oxygen atoms in total. The number of aryl methyl sites for hydroxylation is 1. The monoisotopic (exact) mass is 326 g/mol. The number of nitrogens with one attached hydrogen (secondary N) is 1. The van der Waals surface area contributed by atoms with Crippen LogP contribution in [0.1, 0.15) is 47.3 Å². The van der Waals surface area contributed by atoms with Gasteiger partial charge in [0.1, 0.15) is 6.33 Å². The molecule has 0 saturated heterocycles. The lowest BCUT2D eigenvalue weighted by atomic mass is 9.98. The van der Waals surface area contributed by atoms with Crippen molar-refractivity contribution < 1.29 is 9.18 Å². The van der Waals surface area contributed by atoms with E-state index in [9.17, 15) is 9.18 Å². The third-order valence-electron chi connectivity index (χ3n) is 4.47. The van der Waals surface area contributed by atoms with Gasteiger partial charge in [-0.1, -0.05) is 6.92 Å². The van der Waals surface area contributed by atoms with Gasteiger partial charge >= 0.3 is 0 Å². The van der Waals surface area contributed by atoms with Gasteiger partial charge in [-0.2, -0.15) is 0 Å². The number of aromatic nitrogens is 5. The first-order chi connectivity index (χ1) is 11.7. The molecule has 0 radical (unpaired) electrons. The molecular weight excluding hydrogens is 311 g/mol. The van der Waals surface area contributed by atoms with Crippen molar-refractivity contribution in [2.24, 2.45) is 0 Å². The van der Waals surface area contributed by atoms with E-state index in [0.717, 1.165) is 42.9 Å². The molecule has 3 heterocycles. The molecule has 1 aliphatic rings. The number of halogens is 1. The van der Waals surface area contributed by atoms with Gasteiger partial charge in [0, 0.05) is 5.69 Å². The van der Waals surface area contributed by atoms with Crippen molar-refractivity contribution in [1.29, 1.82) is 0 Å². The van der Waals surface area contributed by atoms with Crippen LogP contribution >= 0.6 is 0 Å². The van der Waals surface area contributed by atoms with Gasteiger partial charge in [0.25, 0.3) is 5.91 Å². The number of nitrogens with zero attached hydrogens (tertiary/aromatic N) is 5. The number of anilines is 1. The number of fused-ring (bicyclic) bond motifs is 3. The van der Waals surface area contributed by atoms with Crippen molar-refractivity contribution in [3.8, 4) is 0 Å². The van der Waals surface area contributed by atoms with Crippen LogP contribution in [0, 0.1) is 5.82 Å². The number of hydrogen-bond donors (Lipinski definition) is 1. The predicted octanol–water partition coefficient (Wildman–Crippen LogP) is 2.35. The Balaban J connectivity index is 1.76. The highest BCUT2D eigenvalue weighted by molar-refractivity contribution is 6.07. The Hall–Kier alpha value is -2.90. The maximum atomic E-state index is 12.9. The van der Waals surface area contributed by atoms with Crippen LogP contribution in [0.4, 0.5) is 10.3 Å². The molecular formula is C16H15FN6O. The maximum absolute atomic E-state index is 12.9. The zero-order valence-corrected chi connectivity index (χ0v) is 13.0. The van der Waals surface area contributed by atoms with Gasteiger partial charge in [-0.05, 0) is 36.8 Å². The summed E-state index contributed by atoms with van der Waals surface area (Å²) in [7, 11) is 0. The Morgan fingerprint density at radius 1 is 1.42 bits per heavy atom. The SMILES string of the molecule is CCC1CCc2c1cc(C(=O)Nc1ncc(F)cn1)c1nncn21. The molecule has 4 rings (SSSR count). The quantitative estimate of drug-likeness (QED) is 0.798. The van der Waals surface area contributed by atoms with Crippen LogP contribution < -0.4 is 5.32 Å². The van der Waals surface area contributed by atoms with Crippen molar-refractivity contribution in [1.82, 2.24) is 24.6 Å². The van der Waals surface area contributed by atoms with Crippen LogP contribution in [-0.4, -0.2) is 30.5 Å². The molecule has 0 spiro atoms. The Morgan fingerprint density at radius 2 is 2.21 bits per heavy atom. The standard InChI is InChI=1S/C16H15FN6O/c1-2-9-3-4-13-11(9)5-12(14-22-20-8-23(13)14)15(24)21-16-18-6-10(17)7-19-16/h5-9H,2-4H2,1H3,(H,18,19,21,24). The Bertz CT molecular complexity index is 920. The van der Waals surface area contributed by atoms with E-state index in [1.165, 1.54) is 0 Å². The van der Waals surface area contributed by atoms with Crippen LogP contribution in [0.25, 0.3) is 5.65 Å². The Morgan fingerprint density at radius 3 is 2.96 bits per heavy atom. The molecule has 0 aliphatic heterocycles. The Labute approximate surface area is 137 Å². The fourth-order valence-corrected chi connectivity index (χ4v) is 3.28. The van der Waals surface area contributed by atoms with Gasteiger partial charge in [0.15, 0.2) is 11.5 Å². The number of pyridine rings is 1. The number of hydrogen-bond acceptors (Lipinski definition) is 5. The highest BCUT2D eigenvalue weighted by atomic mass is 19.1. The summed E-state index contributed by atoms with van der Waals surface area (Å²) in [5, 5.41) is 10.6. The van der Waals surface area contributed by atoms with Crippen molar-refractivity contribution in [3.63, 3.8) is 0 Å². The number of rotatable bonds is 3. The highest BCUT2D eigenvalue weighted by Gasteiger charge is 2.27. The predicted molar refractivity (Wildman–Crippen MR) is 84.3 cm³/mol. The number of amides is 1. The summed E-state index contributed by atoms with van der Waals surface area (Å²) in [6.07, 6.45) is 6.67. The molecule has 24 heavy (non-hydrogen) atoms. The topological polar surface area (TPSA) is 85.1 Å². The van der Waals surface area contributed by atoms with E-state index >= 15 is 0 Å². The van der Waals surface area contributed by atoms with Gasteiger partial charge in [-0.25, -0.2) is 14.4 Å². The number of carbonyl (C=O) groups excluding carboxylic acids is 1. The lowest BCUT2D eigenvalue weighted by Gasteiger charge is -2.12. The average molecular weight is 326 g/mol. The van der Waals surface area contributed by atoms with Gasteiger partial charge in [-0.15, -0.1) is 10.2 Å². The summed E-state index contributed by atoms with van der Waals surface area (Å²) >= 11 is 0. The molecule has 1 N–H and O–H groups in total. The lowest BCUT2D eigenvalue weighted by Crippen LogP contribution is -2.16. The lowest BCUT2D eigenvalue weighted by molar-refractivity contribution is 0.102. The van der Waals surface area contributed by atoms with E-state index in [1.54, 1.807) is 6.33 Å². The van der Waals surface area contributed by atoms with Gasteiger partial charge in [0.2, 0.25) is 5.95 Å². The molecule has 122 valence electrons. The number of carbonyl (C=O) groups is 1. The van der Waals surface area contributed by atoms with E-state index < -0.39 is 5.82 Å². The van der Waals surface area contributed by atoms with E-state index in [0.29, 0.717) is 17.1 Å². The summed E-state index contributed by atoms with van der Waals surface area (Å²) in [5.41, 5.74) is 3.25. The Kier molecular flexibility index (Phi) is 3.44. The molecule has 0 bridgehead atoms. The average Bonchev–Trinajstić information content (AvgIpc) is 3.21. The molecule has 1 unspecified atom stereocenters. The van der Waals surface area contributed by atoms with E-state index in [1.807, 2.05) is 10.5 Å². The zero-order valence-electron chi connectivity index (χ0n) is 13.0. The molecule has 0 saturated carbocycles. The second-order valence-electron chi connectivity index (χ2n) is 5.81. The fourth-order valence-electron chi connectivity index (χ4n) is 3.28. The molecule has 0 aromatic carbocycles. The van der Waals surface area contributed by atoms with Crippen LogP contribution in [0.3, 0.4) is 0 Å². The van der Waals surface area contributed by atoms with Gasteiger partial charge in [-0.3, -0.25) is 14.5 Å². The van der Waals surface area contributed by atoms with E-state index in [4.69, 9.17) is 0 Å². The molecule has 0 fully saturated rings. The third-order valence-corrected chi connectivity index (χ3v) is 4.47. The van der Waals surface area contributed by atoms with Crippen molar-refractivity contribution in [2.75, 3.05) is 5.32 Å². The second kappa shape index (κ2) is 5.63. The summed E-state index contributed by atoms with van der Waals surface area (Å²) in [6.45, 7) is 2.14. The minimum Gasteiger partial charge on any atom is -0.290 e. The molecule has 1 aliphatic carbocycles. The highest BCUT2D eigenvalue weighted by Crippen LogP contribution is 2.36. The van der Waals surface area contributed by atoms with Crippen LogP contribution in [0.15, 0.2) is 24.8 Å². The van der Waals surface area contributed by atoms with Crippen LogP contribution in [-0.2, 0) is 6.42 Å².